The first kappa shape index (κ1) is 15.1. The lowest BCUT2D eigenvalue weighted by molar-refractivity contribution is 0.0949. The highest BCUT2D eigenvalue weighted by molar-refractivity contribution is 5.95. The number of hydrogen-bond donors (Lipinski definition) is 1. The first-order chi connectivity index (χ1) is 12.2. The molecule has 1 N–H and O–H groups in total. The van der Waals surface area contributed by atoms with Crippen LogP contribution in [0.5, 0.6) is 0 Å². The molecule has 6 nitrogen and oxygen atoms in total. The molecule has 0 aliphatic carbocycles. The van der Waals surface area contributed by atoms with Gasteiger partial charge in [0.2, 0.25) is 0 Å². The van der Waals surface area contributed by atoms with Crippen LogP contribution in [0.25, 0.3) is 11.2 Å². The fraction of sp³-hybridized carbons (Fsp3) is 0.105. The van der Waals surface area contributed by atoms with Gasteiger partial charge in [0.25, 0.3) is 5.91 Å². The second-order valence-electron chi connectivity index (χ2n) is 5.78. The molecule has 3 heterocycles. The van der Waals surface area contributed by atoms with Crippen LogP contribution in [0.3, 0.4) is 0 Å². The number of fused-ring (bicyclic) bond motifs is 1. The molecule has 4 rings (SSSR count). The smallest absolute Gasteiger partial charge is 0.255 e. The highest BCUT2D eigenvalue weighted by Gasteiger charge is 2.15. The van der Waals surface area contributed by atoms with Crippen molar-refractivity contribution in [2.24, 2.45) is 0 Å². The number of amides is 1. The van der Waals surface area contributed by atoms with Crippen LogP contribution >= 0.6 is 0 Å². The fourth-order valence-electron chi connectivity index (χ4n) is 2.81. The van der Waals surface area contributed by atoms with Crippen molar-refractivity contribution in [2.45, 2.75) is 13.5 Å². The lowest BCUT2D eigenvalue weighted by Gasteiger charge is -2.05. The van der Waals surface area contributed by atoms with Crippen molar-refractivity contribution in [3.63, 3.8) is 0 Å². The molecule has 0 aliphatic heterocycles. The minimum Gasteiger partial charge on any atom is -0.346 e. The Morgan fingerprint density at radius 3 is 2.72 bits per heavy atom. The topological polar surface area (TPSA) is 64.2 Å². The zero-order valence-corrected chi connectivity index (χ0v) is 13.8. The highest BCUT2D eigenvalue weighted by atomic mass is 16.1. The zero-order valence-electron chi connectivity index (χ0n) is 13.8. The number of aromatic nitrogens is 4. The monoisotopic (exact) mass is 331 g/mol. The molecule has 124 valence electrons. The Hall–Kier alpha value is -3.41. The first-order valence-electron chi connectivity index (χ1n) is 8.04. The molecule has 0 radical (unpaired) electrons. The predicted octanol–water partition coefficient (Wildman–Crippen LogP) is 2.76. The van der Waals surface area contributed by atoms with Gasteiger partial charge in [0, 0.05) is 6.20 Å². The summed E-state index contributed by atoms with van der Waals surface area (Å²) in [6, 6.07) is 17.6. The Kier molecular flexibility index (Phi) is 3.78. The van der Waals surface area contributed by atoms with Gasteiger partial charge >= 0.3 is 0 Å². The number of benzene rings is 1. The van der Waals surface area contributed by atoms with E-state index in [0.29, 0.717) is 12.1 Å². The van der Waals surface area contributed by atoms with E-state index in [0.717, 1.165) is 22.6 Å². The average Bonchev–Trinajstić information content (AvgIpc) is 3.23. The molecule has 0 atom stereocenters. The summed E-state index contributed by atoms with van der Waals surface area (Å²) in [5.74, 6) is -0.156. The maximum Gasteiger partial charge on any atom is 0.255 e. The second kappa shape index (κ2) is 6.24. The third-order valence-corrected chi connectivity index (χ3v) is 4.11. The largest absolute Gasteiger partial charge is 0.346 e. The third kappa shape index (κ3) is 2.89. The molecule has 6 heteroatoms. The van der Waals surface area contributed by atoms with Crippen LogP contribution in [0, 0.1) is 6.92 Å². The standard InChI is InChI=1S/C19H17N5O/c1-14-18(13-21-24(14)16-7-3-2-4-8-16)19(25)20-12-15-11-17-9-5-6-10-23(17)22-15/h2-11,13H,12H2,1H3,(H,20,25). The Morgan fingerprint density at radius 1 is 1.12 bits per heavy atom. The summed E-state index contributed by atoms with van der Waals surface area (Å²) in [4.78, 5) is 12.5. The van der Waals surface area contributed by atoms with Crippen molar-refractivity contribution in [2.75, 3.05) is 0 Å². The van der Waals surface area contributed by atoms with Crippen LogP contribution in [-0.2, 0) is 6.54 Å². The molecule has 0 unspecified atom stereocenters. The molecule has 0 saturated carbocycles. The maximum absolute atomic E-state index is 12.5. The lowest BCUT2D eigenvalue weighted by atomic mass is 10.2. The maximum atomic E-state index is 12.5. The summed E-state index contributed by atoms with van der Waals surface area (Å²) >= 11 is 0. The van der Waals surface area contributed by atoms with Crippen molar-refractivity contribution >= 4 is 11.4 Å². The van der Waals surface area contributed by atoms with Gasteiger partial charge in [-0.25, -0.2) is 9.20 Å². The van der Waals surface area contributed by atoms with E-state index >= 15 is 0 Å². The number of nitrogens with zero attached hydrogens (tertiary/aromatic N) is 4. The van der Waals surface area contributed by atoms with E-state index in [9.17, 15) is 4.79 Å². The fourth-order valence-corrected chi connectivity index (χ4v) is 2.81. The molecule has 25 heavy (non-hydrogen) atoms. The van der Waals surface area contributed by atoms with E-state index < -0.39 is 0 Å². The number of para-hydroxylation sites is 1. The highest BCUT2D eigenvalue weighted by Crippen LogP contribution is 2.14. The molecular weight excluding hydrogens is 314 g/mol. The minimum atomic E-state index is -0.156. The van der Waals surface area contributed by atoms with E-state index in [-0.39, 0.29) is 5.91 Å². The zero-order chi connectivity index (χ0) is 17.2. The Balaban J connectivity index is 1.51. The van der Waals surface area contributed by atoms with Crippen LogP contribution in [0.2, 0.25) is 0 Å². The minimum absolute atomic E-state index is 0.156. The van der Waals surface area contributed by atoms with Gasteiger partial charge in [-0.2, -0.15) is 10.2 Å². The van der Waals surface area contributed by atoms with Gasteiger partial charge in [0.05, 0.1) is 40.9 Å². The van der Waals surface area contributed by atoms with Gasteiger partial charge in [0.15, 0.2) is 0 Å². The average molecular weight is 331 g/mol. The second-order valence-corrected chi connectivity index (χ2v) is 5.78. The lowest BCUT2D eigenvalue weighted by Crippen LogP contribution is -2.23. The van der Waals surface area contributed by atoms with Crippen LogP contribution < -0.4 is 5.32 Å². The summed E-state index contributed by atoms with van der Waals surface area (Å²) in [6.45, 7) is 2.26. The van der Waals surface area contributed by atoms with Crippen LogP contribution in [-0.4, -0.2) is 25.3 Å². The van der Waals surface area contributed by atoms with Crippen LogP contribution in [0.15, 0.2) is 67.0 Å². The Labute approximate surface area is 144 Å². The van der Waals surface area contributed by atoms with Gasteiger partial charge in [0.1, 0.15) is 0 Å². The summed E-state index contributed by atoms with van der Waals surface area (Å²) in [5, 5.41) is 11.7. The number of hydrogen-bond acceptors (Lipinski definition) is 3. The number of nitrogens with one attached hydrogen (secondary N) is 1. The van der Waals surface area contributed by atoms with Crippen molar-refractivity contribution in [1.82, 2.24) is 24.7 Å². The molecule has 3 aromatic heterocycles. The van der Waals surface area contributed by atoms with E-state index in [4.69, 9.17) is 0 Å². The summed E-state index contributed by atoms with van der Waals surface area (Å²) in [7, 11) is 0. The number of carbonyl (C=O) groups is 1. The number of carbonyl (C=O) groups excluding carboxylic acids is 1. The van der Waals surface area contributed by atoms with E-state index in [1.165, 1.54) is 0 Å². The Morgan fingerprint density at radius 2 is 1.92 bits per heavy atom. The molecule has 0 spiro atoms. The van der Waals surface area contributed by atoms with Gasteiger partial charge in [-0.05, 0) is 37.3 Å². The van der Waals surface area contributed by atoms with Crippen molar-refractivity contribution < 1.29 is 4.79 Å². The van der Waals surface area contributed by atoms with Crippen molar-refractivity contribution in [1.29, 1.82) is 0 Å². The van der Waals surface area contributed by atoms with Crippen molar-refractivity contribution in [3.05, 3.63) is 83.9 Å². The normalized spacial score (nSPS) is 10.9. The van der Waals surface area contributed by atoms with Gasteiger partial charge < -0.3 is 5.32 Å². The molecule has 0 fully saturated rings. The summed E-state index contributed by atoms with van der Waals surface area (Å²) in [5.41, 5.74) is 4.11. The van der Waals surface area contributed by atoms with Crippen molar-refractivity contribution in [3.8, 4) is 5.69 Å². The molecule has 4 aromatic rings. The Bertz CT molecular complexity index is 999. The summed E-state index contributed by atoms with van der Waals surface area (Å²) < 4.78 is 3.56. The first-order valence-corrected chi connectivity index (χ1v) is 8.04. The van der Waals surface area contributed by atoms with Crippen LogP contribution in [0.4, 0.5) is 0 Å². The molecule has 1 aromatic carbocycles. The van der Waals surface area contributed by atoms with Gasteiger partial charge in [-0.15, -0.1) is 0 Å². The third-order valence-electron chi connectivity index (χ3n) is 4.11. The molecule has 0 aliphatic rings. The SMILES string of the molecule is Cc1c(C(=O)NCc2cc3ccccn3n2)cnn1-c1ccccc1. The van der Waals surface area contributed by atoms with E-state index in [1.54, 1.807) is 15.4 Å². The van der Waals surface area contributed by atoms with Gasteiger partial charge in [-0.1, -0.05) is 24.3 Å². The van der Waals surface area contributed by atoms with E-state index in [1.807, 2.05) is 67.7 Å². The summed E-state index contributed by atoms with van der Waals surface area (Å²) in [6.07, 6.45) is 3.48. The predicted molar refractivity (Wildman–Crippen MR) is 94.7 cm³/mol. The molecule has 0 saturated heterocycles. The molecular formula is C19H17N5O. The van der Waals surface area contributed by atoms with E-state index in [2.05, 4.69) is 15.5 Å². The molecule has 0 bridgehead atoms. The van der Waals surface area contributed by atoms with Crippen LogP contribution in [0.1, 0.15) is 21.7 Å². The molecule has 1 amide bonds. The number of rotatable bonds is 4. The quantitative estimate of drug-likeness (QED) is 0.625. The van der Waals surface area contributed by atoms with Gasteiger partial charge in [-0.3, -0.25) is 4.79 Å². The number of pyridine rings is 1.